The van der Waals surface area contributed by atoms with Crippen molar-refractivity contribution in [2.45, 2.75) is 45.3 Å². The van der Waals surface area contributed by atoms with Crippen molar-refractivity contribution in [3.05, 3.63) is 41.7 Å². The molecule has 0 aliphatic carbocycles. The SMILES string of the molecule is CC(C)(C)c1cc(CN2C[C@@H](Cc3cnccn3)[C@H](O)C2)[nH]n1. The number of aromatic amines is 1. The fourth-order valence-corrected chi connectivity index (χ4v) is 3.04. The van der Waals surface area contributed by atoms with E-state index in [9.17, 15) is 5.11 Å². The number of H-pyrrole nitrogens is 1. The van der Waals surface area contributed by atoms with Crippen LogP contribution < -0.4 is 0 Å². The summed E-state index contributed by atoms with van der Waals surface area (Å²) in [7, 11) is 0. The first kappa shape index (κ1) is 16.1. The average Bonchev–Trinajstić information content (AvgIpc) is 3.08. The maximum Gasteiger partial charge on any atom is 0.0711 e. The number of rotatable bonds is 4. The first-order valence-electron chi connectivity index (χ1n) is 8.12. The highest BCUT2D eigenvalue weighted by Gasteiger charge is 2.32. The molecule has 2 N–H and O–H groups in total. The van der Waals surface area contributed by atoms with Crippen LogP contribution in [0.15, 0.2) is 24.7 Å². The molecule has 3 heterocycles. The molecule has 3 rings (SSSR count). The Labute approximate surface area is 137 Å². The van der Waals surface area contributed by atoms with Gasteiger partial charge in [0.2, 0.25) is 0 Å². The van der Waals surface area contributed by atoms with Gasteiger partial charge in [-0.1, -0.05) is 20.8 Å². The van der Waals surface area contributed by atoms with Crippen molar-refractivity contribution in [3.63, 3.8) is 0 Å². The number of nitrogens with zero attached hydrogens (tertiary/aromatic N) is 4. The monoisotopic (exact) mass is 315 g/mol. The fraction of sp³-hybridized carbons (Fsp3) is 0.588. The quantitative estimate of drug-likeness (QED) is 0.895. The van der Waals surface area contributed by atoms with Gasteiger partial charge in [-0.15, -0.1) is 0 Å². The smallest absolute Gasteiger partial charge is 0.0711 e. The number of aromatic nitrogens is 4. The van der Waals surface area contributed by atoms with Crippen LogP contribution in [0.25, 0.3) is 0 Å². The molecule has 1 saturated heterocycles. The van der Waals surface area contributed by atoms with Crippen LogP contribution >= 0.6 is 0 Å². The van der Waals surface area contributed by atoms with Gasteiger partial charge in [-0.3, -0.25) is 20.0 Å². The van der Waals surface area contributed by atoms with Gasteiger partial charge in [0.25, 0.3) is 0 Å². The minimum absolute atomic E-state index is 0.0494. The summed E-state index contributed by atoms with van der Waals surface area (Å²) in [6, 6.07) is 2.13. The Kier molecular flexibility index (Phi) is 4.46. The first-order chi connectivity index (χ1) is 10.9. The molecule has 0 radical (unpaired) electrons. The van der Waals surface area contributed by atoms with Crippen LogP contribution in [0.3, 0.4) is 0 Å². The third-order valence-corrected chi connectivity index (χ3v) is 4.36. The Morgan fingerprint density at radius 2 is 2.13 bits per heavy atom. The number of hydrogen-bond donors (Lipinski definition) is 2. The lowest BCUT2D eigenvalue weighted by Crippen LogP contribution is -2.21. The van der Waals surface area contributed by atoms with Gasteiger partial charge in [-0.05, 0) is 12.5 Å². The van der Waals surface area contributed by atoms with E-state index < -0.39 is 0 Å². The number of hydrogen-bond acceptors (Lipinski definition) is 5. The predicted octanol–water partition coefficient (Wildman–Crippen LogP) is 1.53. The number of β-amino-alcohol motifs (C(OH)–C–C–N with tert-alkyl or cyclic N) is 1. The Hall–Kier alpha value is -1.79. The molecule has 0 saturated carbocycles. The molecule has 124 valence electrons. The summed E-state index contributed by atoms with van der Waals surface area (Å²) in [6.07, 6.45) is 5.60. The molecule has 2 atom stereocenters. The zero-order chi connectivity index (χ0) is 16.4. The van der Waals surface area contributed by atoms with Crippen molar-refractivity contribution in [2.24, 2.45) is 5.92 Å². The number of likely N-dealkylation sites (tertiary alicyclic amines) is 1. The lowest BCUT2D eigenvalue weighted by atomic mass is 9.92. The van der Waals surface area contributed by atoms with Gasteiger partial charge < -0.3 is 5.11 Å². The minimum Gasteiger partial charge on any atom is -0.391 e. The Bertz CT molecular complexity index is 634. The summed E-state index contributed by atoms with van der Waals surface area (Å²) in [4.78, 5) is 10.7. The van der Waals surface area contributed by atoms with E-state index in [2.05, 4.69) is 51.9 Å². The van der Waals surface area contributed by atoms with E-state index in [0.29, 0.717) is 6.54 Å². The molecule has 0 spiro atoms. The minimum atomic E-state index is -0.318. The topological polar surface area (TPSA) is 77.9 Å². The zero-order valence-corrected chi connectivity index (χ0v) is 14.0. The number of aliphatic hydroxyl groups excluding tert-OH is 1. The Morgan fingerprint density at radius 3 is 2.78 bits per heavy atom. The van der Waals surface area contributed by atoms with E-state index in [1.54, 1.807) is 18.6 Å². The van der Waals surface area contributed by atoms with E-state index in [4.69, 9.17) is 0 Å². The van der Waals surface area contributed by atoms with Gasteiger partial charge in [0.15, 0.2) is 0 Å². The molecule has 1 aliphatic rings. The first-order valence-corrected chi connectivity index (χ1v) is 8.12. The summed E-state index contributed by atoms with van der Waals surface area (Å²) in [6.45, 7) is 8.81. The molecular weight excluding hydrogens is 290 g/mol. The van der Waals surface area contributed by atoms with Crippen LogP contribution in [0.2, 0.25) is 0 Å². The van der Waals surface area contributed by atoms with Gasteiger partial charge in [0.05, 0.1) is 17.5 Å². The van der Waals surface area contributed by atoms with Crippen molar-refractivity contribution in [1.82, 2.24) is 25.1 Å². The maximum atomic E-state index is 10.3. The van der Waals surface area contributed by atoms with Gasteiger partial charge in [0, 0.05) is 55.3 Å². The van der Waals surface area contributed by atoms with E-state index in [1.807, 2.05) is 0 Å². The van der Waals surface area contributed by atoms with E-state index in [0.717, 1.165) is 36.6 Å². The molecule has 0 unspecified atom stereocenters. The second-order valence-electron chi connectivity index (χ2n) is 7.45. The van der Waals surface area contributed by atoms with Gasteiger partial charge in [-0.25, -0.2) is 0 Å². The van der Waals surface area contributed by atoms with Gasteiger partial charge in [0.1, 0.15) is 0 Å². The van der Waals surface area contributed by atoms with Crippen molar-refractivity contribution in [1.29, 1.82) is 0 Å². The molecule has 0 bridgehead atoms. The van der Waals surface area contributed by atoms with Crippen LogP contribution in [0, 0.1) is 5.92 Å². The third-order valence-electron chi connectivity index (χ3n) is 4.36. The lowest BCUT2D eigenvalue weighted by molar-refractivity contribution is 0.140. The second kappa shape index (κ2) is 6.37. The molecule has 1 aliphatic heterocycles. The molecule has 23 heavy (non-hydrogen) atoms. The van der Waals surface area contributed by atoms with Gasteiger partial charge >= 0.3 is 0 Å². The van der Waals surface area contributed by atoms with Crippen molar-refractivity contribution >= 4 is 0 Å². The van der Waals surface area contributed by atoms with Crippen molar-refractivity contribution in [3.8, 4) is 0 Å². The summed E-state index contributed by atoms with van der Waals surface area (Å²) >= 11 is 0. The highest BCUT2D eigenvalue weighted by atomic mass is 16.3. The van der Waals surface area contributed by atoms with Crippen LogP contribution in [0.5, 0.6) is 0 Å². The average molecular weight is 315 g/mol. The molecule has 2 aromatic rings. The number of aliphatic hydroxyl groups is 1. The molecular formula is C17H25N5O. The number of nitrogens with one attached hydrogen (secondary N) is 1. The highest BCUT2D eigenvalue weighted by molar-refractivity contribution is 5.16. The normalized spacial score (nSPS) is 22.6. The summed E-state index contributed by atoms with van der Waals surface area (Å²) in [5, 5.41) is 17.8. The molecule has 6 nitrogen and oxygen atoms in total. The van der Waals surface area contributed by atoms with Crippen molar-refractivity contribution in [2.75, 3.05) is 13.1 Å². The van der Waals surface area contributed by atoms with E-state index in [-0.39, 0.29) is 17.4 Å². The second-order valence-corrected chi connectivity index (χ2v) is 7.45. The molecule has 6 heteroatoms. The summed E-state index contributed by atoms with van der Waals surface area (Å²) < 4.78 is 0. The standard InChI is InChI=1S/C17H25N5O/c1-17(2,3)16-7-14(20-21-16)10-22-9-12(15(23)11-22)6-13-8-18-4-5-19-13/h4-5,7-8,12,15,23H,6,9-11H2,1-3H3,(H,20,21)/t12-,15-/m1/s1. The molecule has 0 amide bonds. The van der Waals surface area contributed by atoms with Gasteiger partial charge in [-0.2, -0.15) is 5.10 Å². The molecule has 1 fully saturated rings. The van der Waals surface area contributed by atoms with E-state index in [1.165, 1.54) is 0 Å². The van der Waals surface area contributed by atoms with Crippen LogP contribution in [-0.4, -0.2) is 49.4 Å². The molecule has 2 aromatic heterocycles. The zero-order valence-electron chi connectivity index (χ0n) is 14.0. The lowest BCUT2D eigenvalue weighted by Gasteiger charge is -2.15. The highest BCUT2D eigenvalue weighted by Crippen LogP contribution is 2.24. The largest absolute Gasteiger partial charge is 0.391 e. The summed E-state index contributed by atoms with van der Waals surface area (Å²) in [5.41, 5.74) is 3.16. The molecule has 0 aromatic carbocycles. The summed E-state index contributed by atoms with van der Waals surface area (Å²) in [5.74, 6) is 0.205. The van der Waals surface area contributed by atoms with Crippen LogP contribution in [0.1, 0.15) is 37.9 Å². The van der Waals surface area contributed by atoms with Crippen LogP contribution in [-0.2, 0) is 18.4 Å². The Morgan fingerprint density at radius 1 is 1.30 bits per heavy atom. The Balaban J connectivity index is 1.59. The predicted molar refractivity (Wildman–Crippen MR) is 87.8 cm³/mol. The fourth-order valence-electron chi connectivity index (χ4n) is 3.04. The van der Waals surface area contributed by atoms with Crippen molar-refractivity contribution < 1.29 is 5.11 Å². The van der Waals surface area contributed by atoms with Crippen LogP contribution in [0.4, 0.5) is 0 Å². The third kappa shape index (κ3) is 3.95. The van der Waals surface area contributed by atoms with E-state index >= 15 is 0 Å². The maximum absolute atomic E-state index is 10.3.